The van der Waals surface area contributed by atoms with Crippen molar-refractivity contribution in [2.45, 2.75) is 11.3 Å². The van der Waals surface area contributed by atoms with Gasteiger partial charge in [-0.1, -0.05) is 39.8 Å². The van der Waals surface area contributed by atoms with Crippen LogP contribution in [0.1, 0.15) is 0 Å². The van der Waals surface area contributed by atoms with Crippen LogP contribution >= 0.6 is 27.7 Å². The summed E-state index contributed by atoms with van der Waals surface area (Å²) in [7, 11) is 0. The minimum Gasteiger partial charge on any atom is -0.491 e. The number of rotatable bonds is 6. The molecule has 114 valence electrons. The van der Waals surface area contributed by atoms with Crippen LogP contribution in [0.15, 0.2) is 62.6 Å². The molecule has 4 nitrogen and oxygen atoms in total. The van der Waals surface area contributed by atoms with Gasteiger partial charge in [0.15, 0.2) is 5.58 Å². The lowest BCUT2D eigenvalue weighted by Crippen LogP contribution is -2.20. The Balaban J connectivity index is 1.49. The third-order valence-corrected chi connectivity index (χ3v) is 4.43. The minimum atomic E-state index is -0.594. The molecule has 2 aromatic carbocycles. The second-order valence-electron chi connectivity index (χ2n) is 4.68. The van der Waals surface area contributed by atoms with Crippen LogP contribution in [-0.2, 0) is 0 Å². The number of thioether (sulfide) groups is 1. The number of aliphatic hydroxyl groups is 1. The van der Waals surface area contributed by atoms with E-state index >= 15 is 0 Å². The first-order valence-electron chi connectivity index (χ1n) is 6.75. The first-order chi connectivity index (χ1) is 10.7. The van der Waals surface area contributed by atoms with Crippen LogP contribution in [-0.4, -0.2) is 28.6 Å². The third-order valence-electron chi connectivity index (χ3n) is 2.93. The van der Waals surface area contributed by atoms with Crippen LogP contribution in [0.2, 0.25) is 0 Å². The largest absolute Gasteiger partial charge is 0.491 e. The van der Waals surface area contributed by atoms with Crippen molar-refractivity contribution in [3.63, 3.8) is 0 Å². The molecular formula is C16H14BrNO3S. The van der Waals surface area contributed by atoms with E-state index < -0.39 is 6.10 Å². The van der Waals surface area contributed by atoms with Crippen molar-refractivity contribution in [1.29, 1.82) is 0 Å². The Hall–Kier alpha value is -1.50. The number of benzene rings is 2. The molecule has 0 amide bonds. The van der Waals surface area contributed by atoms with E-state index in [2.05, 4.69) is 20.9 Å². The molecule has 0 saturated carbocycles. The van der Waals surface area contributed by atoms with E-state index in [0.717, 1.165) is 21.3 Å². The van der Waals surface area contributed by atoms with E-state index in [0.29, 0.717) is 11.0 Å². The monoisotopic (exact) mass is 379 g/mol. The Morgan fingerprint density at radius 3 is 2.73 bits per heavy atom. The lowest BCUT2D eigenvalue weighted by molar-refractivity contribution is 0.126. The quantitative estimate of drug-likeness (QED) is 0.652. The van der Waals surface area contributed by atoms with Crippen molar-refractivity contribution in [3.05, 3.63) is 53.0 Å². The van der Waals surface area contributed by atoms with E-state index in [9.17, 15) is 5.11 Å². The van der Waals surface area contributed by atoms with Gasteiger partial charge in [-0.3, -0.25) is 0 Å². The standard InChI is InChI=1S/C16H14BrNO3S/c17-11-5-7-13(8-6-11)20-9-12(19)10-22-16-18-14-3-1-2-4-15(14)21-16/h1-8,12,19H,9-10H2/t12-/m0/s1. The summed E-state index contributed by atoms with van der Waals surface area (Å²) >= 11 is 4.74. The molecule has 22 heavy (non-hydrogen) atoms. The van der Waals surface area contributed by atoms with E-state index in [1.54, 1.807) is 0 Å². The predicted molar refractivity (Wildman–Crippen MR) is 90.4 cm³/mol. The van der Waals surface area contributed by atoms with E-state index in [1.807, 2.05) is 48.5 Å². The summed E-state index contributed by atoms with van der Waals surface area (Å²) in [6.45, 7) is 0.231. The molecular weight excluding hydrogens is 366 g/mol. The average molecular weight is 380 g/mol. The molecule has 1 atom stereocenters. The first kappa shape index (κ1) is 15.4. The fourth-order valence-corrected chi connectivity index (χ4v) is 2.86. The smallest absolute Gasteiger partial charge is 0.256 e. The van der Waals surface area contributed by atoms with Crippen LogP contribution in [0.25, 0.3) is 11.1 Å². The minimum absolute atomic E-state index is 0.231. The number of aromatic nitrogens is 1. The number of oxazole rings is 1. The molecule has 3 aromatic rings. The average Bonchev–Trinajstić information content (AvgIpc) is 2.95. The van der Waals surface area contributed by atoms with Gasteiger partial charge in [-0.05, 0) is 36.4 Å². The molecule has 0 fully saturated rings. The maximum Gasteiger partial charge on any atom is 0.256 e. The molecule has 0 unspecified atom stereocenters. The highest BCUT2D eigenvalue weighted by atomic mass is 79.9. The van der Waals surface area contributed by atoms with Gasteiger partial charge in [0.2, 0.25) is 0 Å². The Bertz CT molecular complexity index is 711. The summed E-state index contributed by atoms with van der Waals surface area (Å²) in [4.78, 5) is 4.35. The molecule has 1 heterocycles. The lowest BCUT2D eigenvalue weighted by atomic mass is 10.3. The Kier molecular flexibility index (Phi) is 5.02. The van der Waals surface area contributed by atoms with Crippen molar-refractivity contribution in [1.82, 2.24) is 4.98 Å². The zero-order valence-corrected chi connectivity index (χ0v) is 14.0. The molecule has 0 bridgehead atoms. The van der Waals surface area contributed by atoms with Gasteiger partial charge in [0, 0.05) is 10.2 Å². The summed E-state index contributed by atoms with van der Waals surface area (Å²) in [6, 6.07) is 15.1. The summed E-state index contributed by atoms with van der Waals surface area (Å²) < 4.78 is 12.1. The van der Waals surface area contributed by atoms with Gasteiger partial charge >= 0.3 is 0 Å². The summed E-state index contributed by atoms with van der Waals surface area (Å²) in [5, 5.41) is 10.5. The maximum atomic E-state index is 9.98. The zero-order chi connectivity index (χ0) is 15.4. The molecule has 0 aliphatic heterocycles. The molecule has 0 spiro atoms. The van der Waals surface area contributed by atoms with Gasteiger partial charge in [0.1, 0.15) is 17.9 Å². The highest BCUT2D eigenvalue weighted by Crippen LogP contribution is 2.24. The number of aliphatic hydroxyl groups excluding tert-OH is 1. The van der Waals surface area contributed by atoms with Crippen molar-refractivity contribution >= 4 is 38.8 Å². The summed E-state index contributed by atoms with van der Waals surface area (Å²) in [5.41, 5.74) is 1.58. The van der Waals surface area contributed by atoms with Gasteiger partial charge in [-0.25, -0.2) is 4.98 Å². The highest BCUT2D eigenvalue weighted by molar-refractivity contribution is 9.10. The highest BCUT2D eigenvalue weighted by Gasteiger charge is 2.10. The van der Waals surface area contributed by atoms with Crippen molar-refractivity contribution in [3.8, 4) is 5.75 Å². The van der Waals surface area contributed by atoms with Crippen molar-refractivity contribution in [2.75, 3.05) is 12.4 Å². The Morgan fingerprint density at radius 1 is 1.18 bits per heavy atom. The summed E-state index contributed by atoms with van der Waals surface area (Å²) in [5.74, 6) is 1.19. The van der Waals surface area contributed by atoms with Gasteiger partial charge in [0.05, 0.1) is 6.10 Å². The fourth-order valence-electron chi connectivity index (χ4n) is 1.85. The number of para-hydroxylation sites is 2. The van der Waals surface area contributed by atoms with Crippen LogP contribution in [0.3, 0.4) is 0 Å². The lowest BCUT2D eigenvalue weighted by Gasteiger charge is -2.11. The number of ether oxygens (including phenoxy) is 1. The van der Waals surface area contributed by atoms with Crippen molar-refractivity contribution in [2.24, 2.45) is 0 Å². The number of halogens is 1. The van der Waals surface area contributed by atoms with E-state index in [-0.39, 0.29) is 6.61 Å². The number of fused-ring (bicyclic) bond motifs is 1. The third kappa shape index (κ3) is 4.03. The van der Waals surface area contributed by atoms with Crippen LogP contribution in [0, 0.1) is 0 Å². The first-order valence-corrected chi connectivity index (χ1v) is 8.53. The van der Waals surface area contributed by atoms with Crippen LogP contribution in [0.4, 0.5) is 0 Å². The molecule has 0 radical (unpaired) electrons. The molecule has 3 rings (SSSR count). The summed E-state index contributed by atoms with van der Waals surface area (Å²) in [6.07, 6.45) is -0.594. The Morgan fingerprint density at radius 2 is 1.95 bits per heavy atom. The van der Waals surface area contributed by atoms with Crippen molar-refractivity contribution < 1.29 is 14.3 Å². The predicted octanol–water partition coefficient (Wildman–Crippen LogP) is 4.12. The zero-order valence-electron chi connectivity index (χ0n) is 11.6. The van der Waals surface area contributed by atoms with E-state index in [4.69, 9.17) is 9.15 Å². The van der Waals surface area contributed by atoms with Gasteiger partial charge < -0.3 is 14.3 Å². The number of hydrogen-bond donors (Lipinski definition) is 1. The molecule has 0 aliphatic carbocycles. The van der Waals surface area contributed by atoms with Gasteiger partial charge in [0.25, 0.3) is 5.22 Å². The fraction of sp³-hybridized carbons (Fsp3) is 0.188. The second kappa shape index (κ2) is 7.17. The SMILES string of the molecule is O[C@@H](COc1ccc(Br)cc1)CSc1nc2ccccc2o1. The number of nitrogens with zero attached hydrogens (tertiary/aromatic N) is 1. The topological polar surface area (TPSA) is 55.5 Å². The normalized spacial score (nSPS) is 12.5. The van der Waals surface area contributed by atoms with Crippen LogP contribution < -0.4 is 4.74 Å². The number of hydrogen-bond acceptors (Lipinski definition) is 5. The molecule has 1 aromatic heterocycles. The molecule has 1 N–H and O–H groups in total. The molecule has 0 aliphatic rings. The van der Waals surface area contributed by atoms with E-state index in [1.165, 1.54) is 11.8 Å². The van der Waals surface area contributed by atoms with Gasteiger partial charge in [-0.15, -0.1) is 0 Å². The van der Waals surface area contributed by atoms with Crippen LogP contribution in [0.5, 0.6) is 5.75 Å². The Labute approximate surface area is 140 Å². The molecule has 6 heteroatoms. The second-order valence-corrected chi connectivity index (χ2v) is 6.56. The van der Waals surface area contributed by atoms with Gasteiger partial charge in [-0.2, -0.15) is 0 Å². The molecule has 0 saturated heterocycles. The maximum absolute atomic E-state index is 9.98.